The molecule has 0 aliphatic heterocycles. The maximum absolute atomic E-state index is 13.4. The fourth-order valence-corrected chi connectivity index (χ4v) is 2.27. The summed E-state index contributed by atoms with van der Waals surface area (Å²) in [5, 5.41) is 16.4. The second-order valence-corrected chi connectivity index (χ2v) is 5.46. The minimum absolute atomic E-state index is 0.100. The van der Waals surface area contributed by atoms with Gasteiger partial charge in [-0.05, 0) is 37.5 Å². The Labute approximate surface area is 138 Å². The van der Waals surface area contributed by atoms with Gasteiger partial charge in [0.2, 0.25) is 0 Å². The Morgan fingerprint density at radius 2 is 1.83 bits per heavy atom. The topological polar surface area (TPSA) is 114 Å². The van der Waals surface area contributed by atoms with Crippen molar-refractivity contribution < 1.29 is 28.6 Å². The number of aliphatic carboxylic acids is 2. The maximum atomic E-state index is 13.4. The molecular weight excluding hydrogens is 317 g/mol. The minimum Gasteiger partial charge on any atom is -0.478 e. The van der Waals surface area contributed by atoms with Gasteiger partial charge in [0.05, 0.1) is 6.26 Å². The molecule has 0 radical (unpaired) electrons. The summed E-state index contributed by atoms with van der Waals surface area (Å²) in [6.45, 7) is 4.00. The summed E-state index contributed by atoms with van der Waals surface area (Å²) >= 11 is 0. The smallest absolute Gasteiger partial charge is 0.328 e. The number of hydrogen-bond donors (Lipinski definition) is 3. The van der Waals surface area contributed by atoms with Crippen LogP contribution in [-0.2, 0) is 9.59 Å². The molecule has 6 nitrogen and oxygen atoms in total. The van der Waals surface area contributed by atoms with Crippen molar-refractivity contribution in [1.82, 2.24) is 0 Å². The van der Waals surface area contributed by atoms with Crippen LogP contribution in [0.15, 0.2) is 41.0 Å². The van der Waals surface area contributed by atoms with E-state index in [0.29, 0.717) is 12.2 Å². The summed E-state index contributed by atoms with van der Waals surface area (Å²) in [6, 6.07) is 4.91. The predicted molar refractivity (Wildman–Crippen MR) is 87.3 cm³/mol. The number of benzene rings is 1. The van der Waals surface area contributed by atoms with Gasteiger partial charge >= 0.3 is 11.9 Å². The molecule has 0 saturated carbocycles. The molecule has 0 spiro atoms. The van der Waals surface area contributed by atoms with E-state index < -0.39 is 11.9 Å². The van der Waals surface area contributed by atoms with Crippen LogP contribution in [0.5, 0.6) is 0 Å². The number of carbonyl (C=O) groups is 2. The number of fused-ring (bicyclic) bond motifs is 1. The number of rotatable bonds is 5. The fraction of sp³-hybridized carbons (Fsp3) is 0.294. The van der Waals surface area contributed by atoms with Gasteiger partial charge in [-0.1, -0.05) is 6.92 Å². The van der Waals surface area contributed by atoms with Crippen molar-refractivity contribution in [1.29, 1.82) is 0 Å². The van der Waals surface area contributed by atoms with Gasteiger partial charge < -0.3 is 20.4 Å². The highest BCUT2D eigenvalue weighted by molar-refractivity contribution is 5.89. The van der Waals surface area contributed by atoms with E-state index in [0.717, 1.165) is 23.0 Å². The van der Waals surface area contributed by atoms with Crippen molar-refractivity contribution in [3.05, 3.63) is 48.0 Å². The van der Waals surface area contributed by atoms with Gasteiger partial charge in [0.25, 0.3) is 0 Å². The van der Waals surface area contributed by atoms with E-state index in [1.54, 1.807) is 18.4 Å². The van der Waals surface area contributed by atoms with Gasteiger partial charge in [-0.2, -0.15) is 0 Å². The molecule has 1 heterocycles. The van der Waals surface area contributed by atoms with E-state index in [9.17, 15) is 14.0 Å². The molecule has 2 aromatic rings. The molecule has 1 aromatic heterocycles. The molecule has 2 rings (SSSR count). The lowest BCUT2D eigenvalue weighted by atomic mass is 9.93. The molecule has 0 amide bonds. The zero-order chi connectivity index (χ0) is 18.3. The predicted octanol–water partition coefficient (Wildman–Crippen LogP) is 3.12. The third-order valence-corrected chi connectivity index (χ3v) is 3.17. The van der Waals surface area contributed by atoms with Crippen molar-refractivity contribution in [3.8, 4) is 0 Å². The molecule has 0 bridgehead atoms. The third kappa shape index (κ3) is 6.21. The largest absolute Gasteiger partial charge is 0.478 e. The molecule has 0 aliphatic rings. The molecular formula is C17H20FNO5. The van der Waals surface area contributed by atoms with Crippen molar-refractivity contribution in [2.24, 2.45) is 5.73 Å². The number of halogens is 1. The van der Waals surface area contributed by atoms with E-state index in [4.69, 9.17) is 20.4 Å². The molecule has 1 aromatic carbocycles. The van der Waals surface area contributed by atoms with Crippen molar-refractivity contribution in [2.45, 2.75) is 32.2 Å². The lowest BCUT2D eigenvalue weighted by Crippen LogP contribution is -2.17. The molecule has 24 heavy (non-hydrogen) atoms. The first-order chi connectivity index (χ1) is 11.2. The fourth-order valence-electron chi connectivity index (χ4n) is 2.27. The summed E-state index contributed by atoms with van der Waals surface area (Å²) in [5.41, 5.74) is 7.44. The van der Waals surface area contributed by atoms with Gasteiger partial charge in [0.15, 0.2) is 0 Å². The van der Waals surface area contributed by atoms with Crippen LogP contribution in [-0.4, -0.2) is 28.2 Å². The van der Waals surface area contributed by atoms with Crippen LogP contribution < -0.4 is 5.73 Å². The molecule has 4 N–H and O–H groups in total. The van der Waals surface area contributed by atoms with Crippen LogP contribution in [0, 0.1) is 5.82 Å². The van der Waals surface area contributed by atoms with Gasteiger partial charge in [0.1, 0.15) is 11.4 Å². The summed E-state index contributed by atoms with van der Waals surface area (Å²) in [4.78, 5) is 19.1. The van der Waals surface area contributed by atoms with E-state index >= 15 is 0 Å². The number of carboxylic acid groups (broad SMARTS) is 2. The first kappa shape index (κ1) is 19.4. The van der Waals surface area contributed by atoms with Crippen LogP contribution in [0.2, 0.25) is 0 Å². The highest BCUT2D eigenvalue weighted by atomic mass is 19.1. The van der Waals surface area contributed by atoms with Crippen LogP contribution in [0.3, 0.4) is 0 Å². The molecule has 7 heteroatoms. The van der Waals surface area contributed by atoms with Gasteiger partial charge in [-0.3, -0.25) is 0 Å². The lowest BCUT2D eigenvalue weighted by molar-refractivity contribution is -0.134. The first-order valence-corrected chi connectivity index (χ1v) is 7.26. The Morgan fingerprint density at radius 3 is 2.33 bits per heavy atom. The zero-order valence-corrected chi connectivity index (χ0v) is 13.4. The van der Waals surface area contributed by atoms with E-state index in [1.807, 2.05) is 13.8 Å². The average molecular weight is 337 g/mol. The standard InChI is InChI=1S/C13H16FNO.C4H4O4/c1-8(5-9(2)15)12-7-11(14)6-10-3-4-16-13(10)12;5-3(6)1-2-4(7)8/h3-4,6-9H,5,15H2,1-2H3;1-2H,(H,5,6)(H,7,8). The van der Waals surface area contributed by atoms with Crippen molar-refractivity contribution in [3.63, 3.8) is 0 Å². The third-order valence-electron chi connectivity index (χ3n) is 3.17. The van der Waals surface area contributed by atoms with Crippen LogP contribution in [0.4, 0.5) is 4.39 Å². The Morgan fingerprint density at radius 1 is 1.25 bits per heavy atom. The summed E-state index contributed by atoms with van der Waals surface area (Å²) < 4.78 is 18.8. The SMILES string of the molecule is CC(N)CC(C)c1cc(F)cc2ccoc12.O=C(O)C=CC(=O)O. The Hall–Kier alpha value is -2.67. The van der Waals surface area contributed by atoms with Crippen molar-refractivity contribution >= 4 is 22.9 Å². The van der Waals surface area contributed by atoms with Crippen molar-refractivity contribution in [2.75, 3.05) is 0 Å². The minimum atomic E-state index is -1.26. The average Bonchev–Trinajstić information content (AvgIpc) is 2.92. The monoisotopic (exact) mass is 337 g/mol. The molecule has 2 unspecified atom stereocenters. The first-order valence-electron chi connectivity index (χ1n) is 7.26. The number of carboxylic acids is 2. The summed E-state index contributed by atoms with van der Waals surface area (Å²) in [6.07, 6.45) is 3.52. The summed E-state index contributed by atoms with van der Waals surface area (Å²) in [5.74, 6) is -2.54. The number of furan rings is 1. The van der Waals surface area contributed by atoms with E-state index in [-0.39, 0.29) is 17.8 Å². The van der Waals surface area contributed by atoms with Crippen LogP contribution >= 0.6 is 0 Å². The van der Waals surface area contributed by atoms with E-state index in [1.165, 1.54) is 6.07 Å². The van der Waals surface area contributed by atoms with Gasteiger partial charge in [0, 0.05) is 29.1 Å². The molecule has 2 atom stereocenters. The summed E-state index contributed by atoms with van der Waals surface area (Å²) in [7, 11) is 0. The van der Waals surface area contributed by atoms with Gasteiger partial charge in [-0.25, -0.2) is 14.0 Å². The second kappa shape index (κ2) is 8.83. The molecule has 0 saturated heterocycles. The van der Waals surface area contributed by atoms with Crippen LogP contribution in [0.25, 0.3) is 11.0 Å². The number of hydrogen-bond acceptors (Lipinski definition) is 4. The van der Waals surface area contributed by atoms with Crippen LogP contribution in [0.1, 0.15) is 31.7 Å². The van der Waals surface area contributed by atoms with E-state index in [2.05, 4.69) is 0 Å². The highest BCUT2D eigenvalue weighted by Gasteiger charge is 2.15. The lowest BCUT2D eigenvalue weighted by Gasteiger charge is -2.14. The maximum Gasteiger partial charge on any atom is 0.328 e. The Kier molecular flexibility index (Phi) is 7.13. The highest BCUT2D eigenvalue weighted by Crippen LogP contribution is 2.30. The normalized spacial score (nSPS) is 13.3. The Bertz CT molecular complexity index is 720. The molecule has 0 fully saturated rings. The number of nitrogens with two attached hydrogens (primary N) is 1. The quantitative estimate of drug-likeness (QED) is 0.722. The Balaban J connectivity index is 0.000000307. The second-order valence-electron chi connectivity index (χ2n) is 5.46. The molecule has 130 valence electrons. The van der Waals surface area contributed by atoms with Gasteiger partial charge in [-0.15, -0.1) is 0 Å². The molecule has 0 aliphatic carbocycles. The zero-order valence-electron chi connectivity index (χ0n) is 13.4.